The lowest BCUT2D eigenvalue weighted by atomic mass is 10.1. The first kappa shape index (κ1) is 15.8. The Balaban J connectivity index is 1.38. The summed E-state index contributed by atoms with van der Waals surface area (Å²) in [5.41, 5.74) is 3.36. The summed E-state index contributed by atoms with van der Waals surface area (Å²) in [6, 6.07) is 5.96. The third-order valence-corrected chi connectivity index (χ3v) is 5.02. The highest BCUT2D eigenvalue weighted by Crippen LogP contribution is 2.22. The topological polar surface area (TPSA) is 80.1 Å². The fraction of sp³-hybridized carbons (Fsp3) is 0.444. The molecule has 2 amide bonds. The van der Waals surface area contributed by atoms with Crippen LogP contribution in [0.2, 0.25) is 0 Å². The Labute approximate surface area is 146 Å². The number of likely N-dealkylation sites (N-methyl/N-ethyl adjacent to an activating group) is 1. The average Bonchev–Trinajstić information content (AvgIpc) is 3.24. The highest BCUT2D eigenvalue weighted by molar-refractivity contribution is 5.94. The number of aromatic nitrogens is 3. The zero-order valence-electron chi connectivity index (χ0n) is 14.3. The van der Waals surface area contributed by atoms with E-state index in [9.17, 15) is 9.59 Å². The van der Waals surface area contributed by atoms with Gasteiger partial charge in [0, 0.05) is 38.7 Å². The van der Waals surface area contributed by atoms with E-state index in [4.69, 9.17) is 0 Å². The van der Waals surface area contributed by atoms with Crippen LogP contribution in [0, 0.1) is 0 Å². The summed E-state index contributed by atoms with van der Waals surface area (Å²) in [7, 11) is 1.76. The van der Waals surface area contributed by atoms with Crippen LogP contribution in [0.3, 0.4) is 0 Å². The fourth-order valence-corrected chi connectivity index (χ4v) is 3.54. The van der Waals surface area contributed by atoms with Crippen molar-refractivity contribution in [2.75, 3.05) is 20.1 Å². The summed E-state index contributed by atoms with van der Waals surface area (Å²) < 4.78 is 1.85. The van der Waals surface area contributed by atoms with E-state index < -0.39 is 0 Å². The SMILES string of the molecule is CN1CCn2c(CCNC(=O)c3ccc4c(c3)CCC4)nnc2C1=O. The van der Waals surface area contributed by atoms with Crippen molar-refractivity contribution in [1.82, 2.24) is 25.0 Å². The molecule has 2 aliphatic rings. The largest absolute Gasteiger partial charge is 0.352 e. The molecule has 0 unspecified atom stereocenters. The van der Waals surface area contributed by atoms with Gasteiger partial charge in [0.1, 0.15) is 5.82 Å². The van der Waals surface area contributed by atoms with Crippen molar-refractivity contribution in [3.05, 3.63) is 46.5 Å². The molecule has 1 aromatic heterocycles. The average molecular weight is 339 g/mol. The molecule has 0 fully saturated rings. The number of carbonyl (C=O) groups is 2. The third-order valence-electron chi connectivity index (χ3n) is 5.02. The van der Waals surface area contributed by atoms with Crippen molar-refractivity contribution in [3.63, 3.8) is 0 Å². The Hall–Kier alpha value is -2.70. The Morgan fingerprint density at radius 2 is 2.04 bits per heavy atom. The quantitative estimate of drug-likeness (QED) is 0.894. The monoisotopic (exact) mass is 339 g/mol. The second-order valence-electron chi connectivity index (χ2n) is 6.66. The lowest BCUT2D eigenvalue weighted by molar-refractivity contribution is 0.0739. The van der Waals surface area contributed by atoms with Crippen LogP contribution < -0.4 is 5.32 Å². The second-order valence-corrected chi connectivity index (χ2v) is 6.66. The lowest BCUT2D eigenvalue weighted by Gasteiger charge is -2.23. The van der Waals surface area contributed by atoms with Crippen molar-refractivity contribution >= 4 is 11.8 Å². The smallest absolute Gasteiger partial charge is 0.291 e. The Morgan fingerprint density at radius 1 is 1.20 bits per heavy atom. The van der Waals surface area contributed by atoms with Gasteiger partial charge in [-0.05, 0) is 42.5 Å². The molecule has 1 N–H and O–H groups in total. The molecule has 0 radical (unpaired) electrons. The van der Waals surface area contributed by atoms with Crippen molar-refractivity contribution in [2.45, 2.75) is 32.2 Å². The van der Waals surface area contributed by atoms with Gasteiger partial charge in [0.2, 0.25) is 5.82 Å². The molecule has 7 nitrogen and oxygen atoms in total. The van der Waals surface area contributed by atoms with Crippen molar-refractivity contribution in [3.8, 4) is 0 Å². The minimum Gasteiger partial charge on any atom is -0.352 e. The molecule has 2 heterocycles. The highest BCUT2D eigenvalue weighted by atomic mass is 16.2. The molecule has 1 aromatic carbocycles. The molecule has 130 valence electrons. The zero-order chi connectivity index (χ0) is 17.4. The molecule has 0 atom stereocenters. The minimum atomic E-state index is -0.104. The summed E-state index contributed by atoms with van der Waals surface area (Å²) in [4.78, 5) is 26.0. The normalized spacial score (nSPS) is 15.9. The number of hydrogen-bond acceptors (Lipinski definition) is 4. The van der Waals surface area contributed by atoms with Gasteiger partial charge in [-0.15, -0.1) is 10.2 Å². The molecular weight excluding hydrogens is 318 g/mol. The van der Waals surface area contributed by atoms with E-state index in [-0.39, 0.29) is 11.8 Å². The van der Waals surface area contributed by atoms with Crippen molar-refractivity contribution < 1.29 is 9.59 Å². The van der Waals surface area contributed by atoms with Gasteiger partial charge in [0.15, 0.2) is 0 Å². The molecule has 0 bridgehead atoms. The van der Waals surface area contributed by atoms with Crippen LogP contribution in [0.5, 0.6) is 0 Å². The van der Waals surface area contributed by atoms with Crippen LogP contribution in [0.4, 0.5) is 0 Å². The van der Waals surface area contributed by atoms with Crippen LogP contribution in [-0.2, 0) is 25.8 Å². The number of rotatable bonds is 4. The summed E-state index contributed by atoms with van der Waals surface area (Å²) in [6.07, 6.45) is 3.90. The van der Waals surface area contributed by atoms with Gasteiger partial charge in [-0.3, -0.25) is 9.59 Å². The minimum absolute atomic E-state index is 0.0658. The number of nitrogens with one attached hydrogen (secondary N) is 1. The van der Waals surface area contributed by atoms with Gasteiger partial charge in [0.05, 0.1) is 0 Å². The maximum Gasteiger partial charge on any atom is 0.291 e. The number of aryl methyl sites for hydroxylation is 2. The van der Waals surface area contributed by atoms with Gasteiger partial charge in [-0.2, -0.15) is 0 Å². The van der Waals surface area contributed by atoms with Crippen LogP contribution >= 0.6 is 0 Å². The van der Waals surface area contributed by atoms with Crippen molar-refractivity contribution in [2.24, 2.45) is 0 Å². The molecule has 1 aliphatic carbocycles. The Bertz CT molecular complexity index is 842. The maximum absolute atomic E-state index is 12.3. The van der Waals surface area contributed by atoms with Gasteiger partial charge in [-0.25, -0.2) is 0 Å². The maximum atomic E-state index is 12.3. The molecule has 0 saturated carbocycles. The molecule has 25 heavy (non-hydrogen) atoms. The predicted octanol–water partition coefficient (Wildman–Crippen LogP) is 0.825. The molecule has 4 rings (SSSR count). The van der Waals surface area contributed by atoms with Gasteiger partial charge in [0.25, 0.3) is 11.8 Å². The van der Waals surface area contributed by atoms with E-state index in [1.807, 2.05) is 16.7 Å². The number of fused-ring (bicyclic) bond motifs is 2. The molecule has 1 aliphatic heterocycles. The van der Waals surface area contributed by atoms with Gasteiger partial charge >= 0.3 is 0 Å². The van der Waals surface area contributed by atoms with Crippen LogP contribution in [-0.4, -0.2) is 51.6 Å². The standard InChI is InChI=1S/C18H21N5O2/c1-22-9-10-23-15(20-21-16(23)18(22)25)7-8-19-17(24)14-6-5-12-3-2-4-13(12)11-14/h5-6,11H,2-4,7-10H2,1H3,(H,19,24). The highest BCUT2D eigenvalue weighted by Gasteiger charge is 2.26. The summed E-state index contributed by atoms with van der Waals surface area (Å²) in [5, 5.41) is 11.0. The molecule has 2 aromatic rings. The first-order valence-electron chi connectivity index (χ1n) is 8.71. The van der Waals surface area contributed by atoms with E-state index >= 15 is 0 Å². The predicted molar refractivity (Wildman–Crippen MR) is 91.5 cm³/mol. The molecule has 7 heteroatoms. The number of nitrogens with zero attached hydrogens (tertiary/aromatic N) is 4. The second kappa shape index (κ2) is 6.31. The van der Waals surface area contributed by atoms with E-state index in [1.54, 1.807) is 11.9 Å². The number of benzene rings is 1. The summed E-state index contributed by atoms with van der Waals surface area (Å²) >= 11 is 0. The molecule has 0 saturated heterocycles. The first-order chi connectivity index (χ1) is 12.1. The zero-order valence-corrected chi connectivity index (χ0v) is 14.3. The van der Waals surface area contributed by atoms with E-state index in [1.165, 1.54) is 17.5 Å². The Morgan fingerprint density at radius 3 is 2.92 bits per heavy atom. The van der Waals surface area contributed by atoms with E-state index in [0.29, 0.717) is 37.4 Å². The summed E-state index contributed by atoms with van der Waals surface area (Å²) in [5.74, 6) is 0.954. The van der Waals surface area contributed by atoms with Crippen LogP contribution in [0.25, 0.3) is 0 Å². The number of amides is 2. The molecular formula is C18H21N5O2. The summed E-state index contributed by atoms with van der Waals surface area (Å²) in [6.45, 7) is 1.81. The fourth-order valence-electron chi connectivity index (χ4n) is 3.54. The van der Waals surface area contributed by atoms with Crippen LogP contribution in [0.15, 0.2) is 18.2 Å². The van der Waals surface area contributed by atoms with Gasteiger partial charge < -0.3 is 14.8 Å². The first-order valence-corrected chi connectivity index (χ1v) is 8.71. The Kier molecular flexibility index (Phi) is 3.99. The lowest BCUT2D eigenvalue weighted by Crippen LogP contribution is -2.38. The van der Waals surface area contributed by atoms with Crippen molar-refractivity contribution in [1.29, 1.82) is 0 Å². The number of hydrogen-bond donors (Lipinski definition) is 1. The van der Waals surface area contributed by atoms with E-state index in [2.05, 4.69) is 21.6 Å². The van der Waals surface area contributed by atoms with E-state index in [0.717, 1.165) is 18.7 Å². The number of carbonyl (C=O) groups excluding carboxylic acids is 2. The van der Waals surface area contributed by atoms with Gasteiger partial charge in [-0.1, -0.05) is 6.07 Å². The van der Waals surface area contributed by atoms with Crippen LogP contribution in [0.1, 0.15) is 44.3 Å². The third kappa shape index (κ3) is 2.90. The molecule has 0 spiro atoms.